The summed E-state index contributed by atoms with van der Waals surface area (Å²) < 4.78 is 2.35. The number of nitrogens with zero attached hydrogens (tertiary/aromatic N) is 2. The van der Waals surface area contributed by atoms with Crippen molar-refractivity contribution in [1.82, 2.24) is 4.57 Å². The molecule has 3 rings (SSSR count). The van der Waals surface area contributed by atoms with E-state index in [9.17, 15) is 0 Å². The Morgan fingerprint density at radius 3 is 2.43 bits per heavy atom. The van der Waals surface area contributed by atoms with Crippen LogP contribution in [0, 0.1) is 6.92 Å². The number of unbranched alkanes of at least 4 members (excludes halogenated alkanes) is 1. The van der Waals surface area contributed by atoms with E-state index in [1.54, 1.807) is 11.3 Å². The number of hydrogen-bond donors (Lipinski definition) is 0. The Morgan fingerprint density at radius 1 is 1.00 bits per heavy atom. The standard InChI is InChI=1S/C20H22N2S/c1-3-4-14-22-19(17-8-6-5-7-9-17)15-23-20(22)21-18-12-10-16(2)11-13-18/h5-13,15H,3-4,14H2,1-2H3. The van der Waals surface area contributed by atoms with Crippen molar-refractivity contribution >= 4 is 17.0 Å². The first-order chi connectivity index (χ1) is 11.3. The Kier molecular flexibility index (Phi) is 5.09. The highest BCUT2D eigenvalue weighted by Crippen LogP contribution is 2.21. The third kappa shape index (κ3) is 3.80. The molecule has 2 aromatic carbocycles. The van der Waals surface area contributed by atoms with Crippen LogP contribution in [0.2, 0.25) is 0 Å². The van der Waals surface area contributed by atoms with Crippen molar-refractivity contribution in [2.24, 2.45) is 4.99 Å². The Morgan fingerprint density at radius 2 is 1.74 bits per heavy atom. The summed E-state index contributed by atoms with van der Waals surface area (Å²) in [7, 11) is 0. The maximum Gasteiger partial charge on any atom is 0.190 e. The zero-order chi connectivity index (χ0) is 16.1. The first-order valence-corrected chi connectivity index (χ1v) is 9.01. The second-order valence-electron chi connectivity index (χ2n) is 5.72. The number of aryl methyl sites for hydroxylation is 1. The molecule has 23 heavy (non-hydrogen) atoms. The molecule has 0 radical (unpaired) electrons. The minimum atomic E-state index is 1.01. The van der Waals surface area contributed by atoms with Crippen molar-refractivity contribution in [2.75, 3.05) is 0 Å². The summed E-state index contributed by atoms with van der Waals surface area (Å²) in [4.78, 5) is 5.93. The lowest BCUT2D eigenvalue weighted by molar-refractivity contribution is 0.624. The van der Waals surface area contributed by atoms with Gasteiger partial charge in [0.25, 0.3) is 0 Å². The molecule has 118 valence electrons. The molecule has 0 aliphatic rings. The van der Waals surface area contributed by atoms with Crippen LogP contribution < -0.4 is 4.80 Å². The molecule has 0 amide bonds. The van der Waals surface area contributed by atoms with Gasteiger partial charge in [-0.1, -0.05) is 61.4 Å². The molecular formula is C20H22N2S. The van der Waals surface area contributed by atoms with Crippen molar-refractivity contribution in [3.8, 4) is 11.3 Å². The molecule has 0 saturated heterocycles. The van der Waals surface area contributed by atoms with E-state index in [2.05, 4.69) is 78.4 Å². The molecular weight excluding hydrogens is 300 g/mol. The number of aromatic nitrogens is 1. The fourth-order valence-corrected chi connectivity index (χ4v) is 3.48. The van der Waals surface area contributed by atoms with Gasteiger partial charge in [0.15, 0.2) is 4.80 Å². The molecule has 0 fully saturated rings. The predicted molar refractivity (Wildman–Crippen MR) is 99.1 cm³/mol. The van der Waals surface area contributed by atoms with Gasteiger partial charge in [-0.25, -0.2) is 4.99 Å². The van der Waals surface area contributed by atoms with Gasteiger partial charge in [0.2, 0.25) is 0 Å². The largest absolute Gasteiger partial charge is 0.316 e. The minimum absolute atomic E-state index is 1.01. The molecule has 0 saturated carbocycles. The van der Waals surface area contributed by atoms with Crippen LogP contribution in [0.3, 0.4) is 0 Å². The van der Waals surface area contributed by atoms with E-state index in [1.807, 2.05) is 0 Å². The topological polar surface area (TPSA) is 17.3 Å². The third-order valence-corrected chi connectivity index (χ3v) is 4.72. The smallest absolute Gasteiger partial charge is 0.190 e. The van der Waals surface area contributed by atoms with Crippen LogP contribution in [0.4, 0.5) is 5.69 Å². The van der Waals surface area contributed by atoms with Crippen molar-refractivity contribution in [2.45, 2.75) is 33.2 Å². The van der Waals surface area contributed by atoms with E-state index in [0.717, 1.165) is 23.5 Å². The molecule has 0 unspecified atom stereocenters. The predicted octanol–water partition coefficient (Wildman–Crippen LogP) is 5.56. The average Bonchev–Trinajstić information content (AvgIpc) is 2.98. The van der Waals surface area contributed by atoms with Gasteiger partial charge in [-0.3, -0.25) is 0 Å². The Bertz CT molecular complexity index is 811. The number of benzene rings is 2. The lowest BCUT2D eigenvalue weighted by Crippen LogP contribution is -2.15. The number of thiazole rings is 1. The molecule has 1 aromatic heterocycles. The normalized spacial score (nSPS) is 11.8. The molecule has 0 bridgehead atoms. The fraction of sp³-hybridized carbons (Fsp3) is 0.250. The fourth-order valence-electron chi connectivity index (χ4n) is 2.52. The Labute approximate surface area is 141 Å². The summed E-state index contributed by atoms with van der Waals surface area (Å²) in [6.07, 6.45) is 2.35. The number of hydrogen-bond acceptors (Lipinski definition) is 2. The lowest BCUT2D eigenvalue weighted by atomic mass is 10.2. The van der Waals surface area contributed by atoms with Gasteiger partial charge >= 0.3 is 0 Å². The van der Waals surface area contributed by atoms with Crippen molar-refractivity contribution in [3.63, 3.8) is 0 Å². The van der Waals surface area contributed by atoms with Gasteiger partial charge in [-0.15, -0.1) is 11.3 Å². The summed E-state index contributed by atoms with van der Waals surface area (Å²) in [6, 6.07) is 19.0. The van der Waals surface area contributed by atoms with E-state index in [4.69, 9.17) is 4.99 Å². The van der Waals surface area contributed by atoms with Crippen LogP contribution in [0.1, 0.15) is 25.3 Å². The van der Waals surface area contributed by atoms with E-state index in [0.29, 0.717) is 0 Å². The highest BCUT2D eigenvalue weighted by atomic mass is 32.1. The molecule has 3 heteroatoms. The summed E-state index contributed by atoms with van der Waals surface area (Å²) in [5, 5.41) is 2.22. The van der Waals surface area contributed by atoms with E-state index in [1.165, 1.54) is 23.2 Å². The zero-order valence-corrected chi connectivity index (χ0v) is 14.5. The van der Waals surface area contributed by atoms with Gasteiger partial charge in [0.05, 0.1) is 11.4 Å². The van der Waals surface area contributed by atoms with Crippen molar-refractivity contribution < 1.29 is 0 Å². The van der Waals surface area contributed by atoms with Crippen LogP contribution in [0.15, 0.2) is 65.0 Å². The van der Waals surface area contributed by atoms with Crippen LogP contribution in [-0.2, 0) is 6.54 Å². The molecule has 1 heterocycles. The highest BCUT2D eigenvalue weighted by molar-refractivity contribution is 7.07. The monoisotopic (exact) mass is 322 g/mol. The zero-order valence-electron chi connectivity index (χ0n) is 13.7. The highest BCUT2D eigenvalue weighted by Gasteiger charge is 2.07. The molecule has 2 nitrogen and oxygen atoms in total. The van der Waals surface area contributed by atoms with Crippen molar-refractivity contribution in [1.29, 1.82) is 0 Å². The van der Waals surface area contributed by atoms with Crippen LogP contribution >= 0.6 is 11.3 Å². The molecule has 0 aliphatic carbocycles. The summed E-state index contributed by atoms with van der Waals surface area (Å²) in [5.41, 5.74) is 4.79. The molecule has 0 N–H and O–H groups in total. The van der Waals surface area contributed by atoms with Crippen molar-refractivity contribution in [3.05, 3.63) is 70.3 Å². The maximum atomic E-state index is 4.86. The average molecular weight is 322 g/mol. The maximum absolute atomic E-state index is 4.86. The van der Waals surface area contributed by atoms with Gasteiger partial charge in [0.1, 0.15) is 0 Å². The van der Waals surface area contributed by atoms with E-state index in [-0.39, 0.29) is 0 Å². The summed E-state index contributed by atoms with van der Waals surface area (Å²) >= 11 is 1.72. The summed E-state index contributed by atoms with van der Waals surface area (Å²) in [5.74, 6) is 0. The van der Waals surface area contributed by atoms with Crippen LogP contribution in [-0.4, -0.2) is 4.57 Å². The Balaban J connectivity index is 2.06. The van der Waals surface area contributed by atoms with Gasteiger partial charge < -0.3 is 4.57 Å². The third-order valence-electron chi connectivity index (χ3n) is 3.86. The molecule has 0 atom stereocenters. The first kappa shape index (κ1) is 15.8. The second kappa shape index (κ2) is 7.42. The summed E-state index contributed by atoms with van der Waals surface area (Å²) in [6.45, 7) is 5.34. The molecule has 0 spiro atoms. The molecule has 0 aliphatic heterocycles. The van der Waals surface area contributed by atoms with E-state index >= 15 is 0 Å². The lowest BCUT2D eigenvalue weighted by Gasteiger charge is -2.08. The quantitative estimate of drug-likeness (QED) is 0.585. The van der Waals surface area contributed by atoms with Gasteiger partial charge in [0, 0.05) is 11.9 Å². The molecule has 3 aromatic rings. The minimum Gasteiger partial charge on any atom is -0.316 e. The SMILES string of the molecule is CCCCn1c(-c2ccccc2)csc1=Nc1ccc(C)cc1. The number of rotatable bonds is 5. The van der Waals surface area contributed by atoms with Crippen LogP contribution in [0.5, 0.6) is 0 Å². The second-order valence-corrected chi connectivity index (χ2v) is 6.56. The van der Waals surface area contributed by atoms with E-state index < -0.39 is 0 Å². The first-order valence-electron chi connectivity index (χ1n) is 8.13. The van der Waals surface area contributed by atoms with Gasteiger partial charge in [-0.2, -0.15) is 0 Å². The Hall–Kier alpha value is -2.13. The van der Waals surface area contributed by atoms with Crippen LogP contribution in [0.25, 0.3) is 11.3 Å². The van der Waals surface area contributed by atoms with Gasteiger partial charge in [-0.05, 0) is 31.0 Å².